The Bertz CT molecular complexity index is 1040. The third-order valence-electron chi connectivity index (χ3n) is 4.96. The fourth-order valence-corrected chi connectivity index (χ4v) is 5.17. The molecule has 10 heteroatoms. The van der Waals surface area contributed by atoms with Crippen molar-refractivity contribution in [1.29, 1.82) is 0 Å². The van der Waals surface area contributed by atoms with Crippen LogP contribution in [0.25, 0.3) is 0 Å². The zero-order valence-corrected chi connectivity index (χ0v) is 19.2. The molecule has 3 rings (SSSR count). The molecule has 2 atom stereocenters. The van der Waals surface area contributed by atoms with Gasteiger partial charge < -0.3 is 26.2 Å². The largest absolute Gasteiger partial charge is 0.772 e. The lowest BCUT2D eigenvalue weighted by atomic mass is 10.1. The summed E-state index contributed by atoms with van der Waals surface area (Å²) < 4.78 is 21.8. The fourth-order valence-electron chi connectivity index (χ4n) is 3.45. The van der Waals surface area contributed by atoms with Gasteiger partial charge in [-0.1, -0.05) is 59.2 Å². The van der Waals surface area contributed by atoms with Gasteiger partial charge in [-0.3, -0.25) is 13.8 Å². The van der Waals surface area contributed by atoms with Crippen molar-refractivity contribution in [3.05, 3.63) is 75.8 Å². The number of amides is 2. The number of anilines is 1. The first kappa shape index (κ1) is 23.8. The Kier molecular flexibility index (Phi) is 7.94. The number of primary amides is 1. The lowest BCUT2D eigenvalue weighted by Gasteiger charge is -2.29. The number of carbonyl (C=O) groups excluding carboxylic acids is 2. The molecule has 2 aromatic rings. The highest BCUT2D eigenvalue weighted by molar-refractivity contribution is 8.04. The minimum atomic E-state index is -2.16. The Balaban J connectivity index is 1.85. The maximum absolute atomic E-state index is 12.2. The van der Waals surface area contributed by atoms with Gasteiger partial charge in [-0.15, -0.1) is 0 Å². The summed E-state index contributed by atoms with van der Waals surface area (Å²) in [6.45, 7) is 1.85. The van der Waals surface area contributed by atoms with Gasteiger partial charge in [0.15, 0.2) is 5.50 Å². The summed E-state index contributed by atoms with van der Waals surface area (Å²) in [7, 11) is 0. The van der Waals surface area contributed by atoms with Gasteiger partial charge >= 0.3 is 0 Å². The summed E-state index contributed by atoms with van der Waals surface area (Å²) in [5, 5.41) is 2.87. The van der Waals surface area contributed by atoms with Crippen molar-refractivity contribution in [1.82, 2.24) is 10.2 Å². The van der Waals surface area contributed by atoms with Crippen LogP contribution < -0.4 is 16.8 Å². The summed E-state index contributed by atoms with van der Waals surface area (Å²) in [5.41, 5.74) is 15.1. The fraction of sp³-hybridized carbons (Fsp3) is 0.273. The predicted octanol–water partition coefficient (Wildman–Crippen LogP) is 1.95. The number of rotatable bonds is 9. The lowest BCUT2D eigenvalue weighted by molar-refractivity contribution is -0.119. The number of nitrogens with zero attached hydrogens (tertiary/aromatic N) is 1. The first-order chi connectivity index (χ1) is 15.2. The third kappa shape index (κ3) is 6.35. The molecule has 0 radical (unpaired) electrons. The van der Waals surface area contributed by atoms with Crippen LogP contribution in [0.4, 0.5) is 5.69 Å². The van der Waals surface area contributed by atoms with Crippen LogP contribution in [-0.2, 0) is 39.4 Å². The molecule has 0 fully saturated rings. The third-order valence-corrected chi connectivity index (χ3v) is 6.80. The van der Waals surface area contributed by atoms with Crippen molar-refractivity contribution < 1.29 is 18.4 Å². The van der Waals surface area contributed by atoms with Gasteiger partial charge in [0.2, 0.25) is 5.91 Å². The SMILES string of the molecule is CC(=O)NC1SC(C(N)=O)=C(CCc2ccc(N)cc2)N1Cc1ccc(CS(=O)[O-])cc1. The van der Waals surface area contributed by atoms with Gasteiger partial charge in [-0.05, 0) is 41.7 Å². The number of hydrogen-bond donors (Lipinski definition) is 3. The van der Waals surface area contributed by atoms with Crippen molar-refractivity contribution in [3.63, 3.8) is 0 Å². The molecule has 8 nitrogen and oxygen atoms in total. The number of benzene rings is 2. The summed E-state index contributed by atoms with van der Waals surface area (Å²) in [5.74, 6) is -0.801. The molecule has 170 valence electrons. The van der Waals surface area contributed by atoms with Crippen LogP contribution in [0.3, 0.4) is 0 Å². The molecule has 0 bridgehead atoms. The van der Waals surface area contributed by atoms with E-state index in [2.05, 4.69) is 5.32 Å². The Labute approximate surface area is 193 Å². The number of hydrogen-bond acceptors (Lipinski definition) is 7. The van der Waals surface area contributed by atoms with E-state index in [0.717, 1.165) is 16.8 Å². The van der Waals surface area contributed by atoms with Crippen molar-refractivity contribution >= 4 is 40.3 Å². The molecule has 2 aromatic carbocycles. The maximum Gasteiger partial charge on any atom is 0.257 e. The van der Waals surface area contributed by atoms with E-state index in [4.69, 9.17) is 11.5 Å². The smallest absolute Gasteiger partial charge is 0.257 e. The molecular formula is C22H25N4O4S2-. The van der Waals surface area contributed by atoms with E-state index in [9.17, 15) is 18.4 Å². The lowest BCUT2D eigenvalue weighted by Crippen LogP contribution is -2.41. The number of nitrogens with one attached hydrogen (secondary N) is 1. The molecule has 0 aliphatic carbocycles. The number of aryl methyl sites for hydroxylation is 1. The second kappa shape index (κ2) is 10.7. The van der Waals surface area contributed by atoms with Crippen molar-refractivity contribution in [2.45, 2.75) is 37.6 Å². The van der Waals surface area contributed by atoms with Crippen molar-refractivity contribution in [2.75, 3.05) is 5.73 Å². The first-order valence-corrected chi connectivity index (χ1v) is 12.1. The molecule has 1 aliphatic rings. The minimum Gasteiger partial charge on any atom is -0.772 e. The molecule has 0 saturated heterocycles. The average Bonchev–Trinajstić information content (AvgIpc) is 3.05. The summed E-state index contributed by atoms with van der Waals surface area (Å²) in [6, 6.07) is 14.7. The molecule has 0 saturated carbocycles. The Morgan fingerprint density at radius 2 is 1.66 bits per heavy atom. The van der Waals surface area contributed by atoms with Gasteiger partial charge in [0, 0.05) is 30.6 Å². The van der Waals surface area contributed by atoms with Crippen LogP contribution in [-0.4, -0.2) is 31.0 Å². The molecule has 32 heavy (non-hydrogen) atoms. The molecular weight excluding hydrogens is 448 g/mol. The molecule has 0 aromatic heterocycles. The highest BCUT2D eigenvalue weighted by atomic mass is 32.2. The van der Waals surface area contributed by atoms with E-state index in [1.54, 1.807) is 12.1 Å². The van der Waals surface area contributed by atoms with Crippen LogP contribution in [0.5, 0.6) is 0 Å². The van der Waals surface area contributed by atoms with Gasteiger partial charge in [0.1, 0.15) is 0 Å². The maximum atomic E-state index is 12.2. The Morgan fingerprint density at radius 3 is 2.22 bits per heavy atom. The standard InChI is InChI=1S/C22H26N4O4S2/c1-14(27)25-22-26(12-16-2-4-17(5-3-16)13-32(29)30)19(20(31-22)21(24)28)11-8-15-6-9-18(23)10-7-15/h2-7,9-10,22H,8,11-13,23H2,1H3,(H2,24,28)(H,25,27)(H,29,30)/p-1. The zero-order chi connectivity index (χ0) is 23.3. The van der Waals surface area contributed by atoms with Crippen LogP contribution in [0.15, 0.2) is 59.1 Å². The van der Waals surface area contributed by atoms with E-state index in [1.165, 1.54) is 18.7 Å². The second-order valence-electron chi connectivity index (χ2n) is 7.44. The monoisotopic (exact) mass is 473 g/mol. The predicted molar refractivity (Wildman–Crippen MR) is 125 cm³/mol. The van der Waals surface area contributed by atoms with Crippen LogP contribution in [0, 0.1) is 0 Å². The number of nitrogens with two attached hydrogens (primary N) is 2. The van der Waals surface area contributed by atoms with Crippen LogP contribution in [0.2, 0.25) is 0 Å². The quantitative estimate of drug-likeness (QED) is 0.373. The van der Waals surface area contributed by atoms with Gasteiger partial charge in [-0.25, -0.2) is 0 Å². The normalized spacial score (nSPS) is 16.8. The molecule has 2 amide bonds. The molecule has 1 aliphatic heterocycles. The summed E-state index contributed by atoms with van der Waals surface area (Å²) in [6.07, 6.45) is 1.23. The summed E-state index contributed by atoms with van der Waals surface area (Å²) in [4.78, 5) is 26.3. The van der Waals surface area contributed by atoms with E-state index >= 15 is 0 Å². The van der Waals surface area contributed by atoms with Crippen molar-refractivity contribution in [3.8, 4) is 0 Å². The topological polar surface area (TPSA) is 142 Å². The highest BCUT2D eigenvalue weighted by Crippen LogP contribution is 2.40. The highest BCUT2D eigenvalue weighted by Gasteiger charge is 2.35. The number of allylic oxidation sites excluding steroid dienone is 1. The molecule has 5 N–H and O–H groups in total. The molecule has 2 unspecified atom stereocenters. The van der Waals surface area contributed by atoms with E-state index < -0.39 is 22.5 Å². The van der Waals surface area contributed by atoms with Crippen molar-refractivity contribution in [2.24, 2.45) is 5.73 Å². The zero-order valence-electron chi connectivity index (χ0n) is 17.6. The van der Waals surface area contributed by atoms with Crippen LogP contribution in [0.1, 0.15) is 30.0 Å². The average molecular weight is 474 g/mol. The number of carbonyl (C=O) groups is 2. The first-order valence-electron chi connectivity index (χ1n) is 9.94. The van der Waals surface area contributed by atoms with Gasteiger partial charge in [0.25, 0.3) is 5.91 Å². The second-order valence-corrected chi connectivity index (χ2v) is 9.43. The van der Waals surface area contributed by atoms with Gasteiger partial charge in [-0.2, -0.15) is 0 Å². The minimum absolute atomic E-state index is 0.0487. The molecule has 1 heterocycles. The Hall–Kier alpha value is -2.82. The van der Waals surface area contributed by atoms with Crippen LogP contribution >= 0.6 is 11.8 Å². The number of thioether (sulfide) groups is 1. The Morgan fingerprint density at radius 1 is 1.06 bits per heavy atom. The van der Waals surface area contributed by atoms with E-state index in [-0.39, 0.29) is 11.7 Å². The van der Waals surface area contributed by atoms with E-state index in [0.29, 0.717) is 35.5 Å². The van der Waals surface area contributed by atoms with E-state index in [1.807, 2.05) is 41.3 Å². The summed E-state index contributed by atoms with van der Waals surface area (Å²) >= 11 is -0.926. The van der Waals surface area contributed by atoms with Gasteiger partial charge in [0.05, 0.1) is 4.91 Å². The molecule has 0 spiro atoms. The number of nitrogen functional groups attached to an aromatic ring is 1.